The van der Waals surface area contributed by atoms with Gasteiger partial charge < -0.3 is 0 Å². The molecule has 152 valence electrons. The van der Waals surface area contributed by atoms with Gasteiger partial charge in [-0.15, -0.1) is 0 Å². The standard InChI is InChI=1S/C25H19N3O3/c26-15-17-11-13-19(14-12-17)22-21-23(31-28(22)20-9-5-2-6-10-20)25(30)27(24(21)29)16-18-7-3-1-4-8-18/h1-14,21-23H,16H2. The highest BCUT2D eigenvalue weighted by Crippen LogP contribution is 2.46. The predicted molar refractivity (Wildman–Crippen MR) is 113 cm³/mol. The molecule has 3 unspecified atom stereocenters. The van der Waals surface area contributed by atoms with E-state index < -0.39 is 18.1 Å². The number of nitriles is 1. The van der Waals surface area contributed by atoms with E-state index in [1.165, 1.54) is 4.90 Å². The molecule has 2 saturated heterocycles. The Bertz CT molecular complexity index is 1160. The summed E-state index contributed by atoms with van der Waals surface area (Å²) >= 11 is 0. The minimum absolute atomic E-state index is 0.223. The maximum Gasteiger partial charge on any atom is 0.262 e. The van der Waals surface area contributed by atoms with E-state index in [-0.39, 0.29) is 18.4 Å². The zero-order chi connectivity index (χ0) is 21.4. The third-order valence-corrected chi connectivity index (χ3v) is 5.78. The average Bonchev–Trinajstić information content (AvgIpc) is 3.32. The minimum Gasteiger partial charge on any atom is -0.275 e. The van der Waals surface area contributed by atoms with Crippen LogP contribution >= 0.6 is 0 Å². The number of benzene rings is 3. The third-order valence-electron chi connectivity index (χ3n) is 5.78. The molecular weight excluding hydrogens is 390 g/mol. The fraction of sp³-hybridized carbons (Fsp3) is 0.160. The Kier molecular flexibility index (Phi) is 4.73. The summed E-state index contributed by atoms with van der Waals surface area (Å²) in [7, 11) is 0. The van der Waals surface area contributed by atoms with Gasteiger partial charge in [0, 0.05) is 0 Å². The molecule has 3 atom stereocenters. The van der Waals surface area contributed by atoms with Crippen LogP contribution in [-0.2, 0) is 21.0 Å². The summed E-state index contributed by atoms with van der Waals surface area (Å²) in [5.41, 5.74) is 3.00. The van der Waals surface area contributed by atoms with Gasteiger partial charge in [0.25, 0.3) is 5.91 Å². The van der Waals surface area contributed by atoms with E-state index in [0.29, 0.717) is 5.56 Å². The van der Waals surface area contributed by atoms with Crippen molar-refractivity contribution in [3.8, 4) is 6.07 Å². The van der Waals surface area contributed by atoms with Gasteiger partial charge in [0.05, 0.1) is 29.9 Å². The molecule has 6 nitrogen and oxygen atoms in total. The van der Waals surface area contributed by atoms with Crippen LogP contribution in [0.25, 0.3) is 0 Å². The monoisotopic (exact) mass is 409 g/mol. The van der Waals surface area contributed by atoms with Gasteiger partial charge in [0.1, 0.15) is 5.92 Å². The summed E-state index contributed by atoms with van der Waals surface area (Å²) in [5, 5.41) is 10.8. The van der Waals surface area contributed by atoms with E-state index in [0.717, 1.165) is 16.8 Å². The molecule has 5 rings (SSSR count). The van der Waals surface area contributed by atoms with Crippen molar-refractivity contribution in [2.75, 3.05) is 5.06 Å². The fourth-order valence-electron chi connectivity index (χ4n) is 4.29. The number of anilines is 1. The van der Waals surface area contributed by atoms with Crippen molar-refractivity contribution in [1.29, 1.82) is 5.26 Å². The van der Waals surface area contributed by atoms with Crippen LogP contribution in [0.5, 0.6) is 0 Å². The number of para-hydroxylation sites is 1. The maximum absolute atomic E-state index is 13.4. The number of hydroxylamine groups is 1. The summed E-state index contributed by atoms with van der Waals surface area (Å²) in [6.45, 7) is 0.223. The summed E-state index contributed by atoms with van der Waals surface area (Å²) < 4.78 is 0. The molecule has 2 heterocycles. The van der Waals surface area contributed by atoms with Crippen LogP contribution in [0.3, 0.4) is 0 Å². The third kappa shape index (κ3) is 3.25. The van der Waals surface area contributed by atoms with Gasteiger partial charge in [-0.05, 0) is 35.4 Å². The molecule has 31 heavy (non-hydrogen) atoms. The van der Waals surface area contributed by atoms with Crippen molar-refractivity contribution in [2.45, 2.75) is 18.7 Å². The van der Waals surface area contributed by atoms with E-state index >= 15 is 0 Å². The first-order valence-corrected chi connectivity index (χ1v) is 10.1. The molecule has 0 spiro atoms. The van der Waals surface area contributed by atoms with E-state index in [1.54, 1.807) is 17.2 Å². The van der Waals surface area contributed by atoms with E-state index in [2.05, 4.69) is 6.07 Å². The molecule has 6 heteroatoms. The Morgan fingerprint density at radius 1 is 0.839 bits per heavy atom. The van der Waals surface area contributed by atoms with Gasteiger partial charge in [-0.1, -0.05) is 60.7 Å². The molecule has 2 aliphatic rings. The molecular formula is C25H19N3O3. The second-order valence-electron chi connectivity index (χ2n) is 7.64. The largest absolute Gasteiger partial charge is 0.275 e. The Morgan fingerprint density at radius 3 is 2.13 bits per heavy atom. The van der Waals surface area contributed by atoms with Crippen molar-refractivity contribution < 1.29 is 14.4 Å². The number of rotatable bonds is 4. The van der Waals surface area contributed by atoms with Crippen LogP contribution in [0.4, 0.5) is 5.69 Å². The molecule has 3 aromatic rings. The number of imide groups is 1. The van der Waals surface area contributed by atoms with E-state index in [4.69, 9.17) is 10.1 Å². The lowest BCUT2D eigenvalue weighted by Gasteiger charge is -2.28. The number of carbonyl (C=O) groups excluding carboxylic acids is 2. The molecule has 2 aliphatic heterocycles. The number of nitrogens with zero attached hydrogens (tertiary/aromatic N) is 3. The average molecular weight is 409 g/mol. The van der Waals surface area contributed by atoms with Crippen molar-refractivity contribution in [3.63, 3.8) is 0 Å². The summed E-state index contributed by atoms with van der Waals surface area (Å²) in [5.74, 6) is -1.23. The lowest BCUT2D eigenvalue weighted by molar-refractivity contribution is -0.143. The maximum atomic E-state index is 13.4. The molecule has 0 saturated carbocycles. The SMILES string of the molecule is N#Cc1ccc(C2C3C(=O)N(Cc4ccccc4)C(=O)C3ON2c2ccccc2)cc1. The molecule has 2 fully saturated rings. The zero-order valence-corrected chi connectivity index (χ0v) is 16.6. The number of fused-ring (bicyclic) bond motifs is 1. The molecule has 0 bridgehead atoms. The van der Waals surface area contributed by atoms with Gasteiger partial charge >= 0.3 is 0 Å². The van der Waals surface area contributed by atoms with Crippen molar-refractivity contribution in [2.24, 2.45) is 5.92 Å². The molecule has 3 aromatic carbocycles. The normalized spacial score (nSPS) is 22.5. The molecule has 0 radical (unpaired) electrons. The first-order chi connectivity index (χ1) is 15.2. The second kappa shape index (κ2) is 7.71. The van der Waals surface area contributed by atoms with Crippen LogP contribution in [0.1, 0.15) is 22.7 Å². The number of hydrogen-bond acceptors (Lipinski definition) is 5. The Hall–Kier alpha value is -3.95. The predicted octanol–water partition coefficient (Wildman–Crippen LogP) is 3.60. The highest BCUT2D eigenvalue weighted by molar-refractivity contribution is 6.07. The number of likely N-dealkylation sites (tertiary alicyclic amines) is 1. The summed E-state index contributed by atoms with van der Waals surface area (Å²) in [6, 6.07) is 27.6. The van der Waals surface area contributed by atoms with Crippen LogP contribution < -0.4 is 5.06 Å². The quantitative estimate of drug-likeness (QED) is 0.616. The van der Waals surface area contributed by atoms with Gasteiger partial charge in [-0.3, -0.25) is 19.3 Å². The molecule has 2 amide bonds. The van der Waals surface area contributed by atoms with Crippen LogP contribution in [0.2, 0.25) is 0 Å². The van der Waals surface area contributed by atoms with Crippen LogP contribution in [0.15, 0.2) is 84.9 Å². The first kappa shape index (κ1) is 19.0. The Balaban J connectivity index is 1.52. The molecule has 0 aromatic heterocycles. The van der Waals surface area contributed by atoms with Crippen LogP contribution in [0, 0.1) is 17.2 Å². The summed E-state index contributed by atoms with van der Waals surface area (Å²) in [4.78, 5) is 34.0. The highest BCUT2D eigenvalue weighted by atomic mass is 16.7. The van der Waals surface area contributed by atoms with Gasteiger partial charge in [0.15, 0.2) is 6.10 Å². The van der Waals surface area contributed by atoms with Crippen LogP contribution in [-0.4, -0.2) is 22.8 Å². The number of hydrogen-bond donors (Lipinski definition) is 0. The molecule has 0 aliphatic carbocycles. The molecule has 0 N–H and O–H groups in total. The second-order valence-corrected chi connectivity index (χ2v) is 7.64. The van der Waals surface area contributed by atoms with Gasteiger partial charge in [-0.25, -0.2) is 5.06 Å². The van der Waals surface area contributed by atoms with E-state index in [9.17, 15) is 9.59 Å². The van der Waals surface area contributed by atoms with E-state index in [1.807, 2.05) is 72.8 Å². The summed E-state index contributed by atoms with van der Waals surface area (Å²) in [6.07, 6.45) is -0.878. The van der Waals surface area contributed by atoms with Gasteiger partial charge in [0.2, 0.25) is 5.91 Å². The highest BCUT2D eigenvalue weighted by Gasteiger charge is 2.59. The topological polar surface area (TPSA) is 73.6 Å². The first-order valence-electron chi connectivity index (χ1n) is 10.1. The number of carbonyl (C=O) groups is 2. The van der Waals surface area contributed by atoms with Crippen molar-refractivity contribution in [3.05, 3.63) is 102 Å². The Morgan fingerprint density at radius 2 is 1.48 bits per heavy atom. The fourth-order valence-corrected chi connectivity index (χ4v) is 4.29. The zero-order valence-electron chi connectivity index (χ0n) is 16.6. The van der Waals surface area contributed by atoms with Crippen molar-refractivity contribution in [1.82, 2.24) is 4.90 Å². The van der Waals surface area contributed by atoms with Gasteiger partial charge in [-0.2, -0.15) is 5.26 Å². The smallest absolute Gasteiger partial charge is 0.262 e. The lowest BCUT2D eigenvalue weighted by atomic mass is 9.90. The van der Waals surface area contributed by atoms with Crippen molar-refractivity contribution >= 4 is 17.5 Å². The minimum atomic E-state index is -0.878. The number of amides is 2. The Labute approximate surface area is 179 Å². The lowest BCUT2D eigenvalue weighted by Crippen LogP contribution is -2.36.